The molecule has 0 unspecified atom stereocenters. The molecule has 1 aliphatic carbocycles. The number of para-hydroxylation sites is 1. The highest BCUT2D eigenvalue weighted by molar-refractivity contribution is 7.99. The fourth-order valence-electron chi connectivity index (χ4n) is 3.12. The summed E-state index contributed by atoms with van der Waals surface area (Å²) in [5.41, 5.74) is 0.745. The fraction of sp³-hybridized carbons (Fsp3) is 0.471. The molecule has 2 heterocycles. The van der Waals surface area contributed by atoms with Crippen molar-refractivity contribution in [2.24, 2.45) is 0 Å². The zero-order valence-electron chi connectivity index (χ0n) is 14.2. The summed E-state index contributed by atoms with van der Waals surface area (Å²) in [6.07, 6.45) is 3.69. The van der Waals surface area contributed by atoms with Crippen molar-refractivity contribution in [2.75, 3.05) is 17.6 Å². The van der Waals surface area contributed by atoms with Crippen LogP contribution in [0.25, 0.3) is 0 Å². The van der Waals surface area contributed by atoms with Crippen LogP contribution in [0.1, 0.15) is 31.7 Å². The topological polar surface area (TPSA) is 93.0 Å². The Kier molecular flexibility index (Phi) is 4.87. The molecule has 1 saturated carbocycles. The van der Waals surface area contributed by atoms with Crippen LogP contribution in [-0.4, -0.2) is 55.3 Å². The second kappa shape index (κ2) is 7.45. The van der Waals surface area contributed by atoms with Crippen LogP contribution in [-0.2, 0) is 9.59 Å². The van der Waals surface area contributed by atoms with E-state index in [0.29, 0.717) is 24.2 Å². The standard InChI is InChI=1S/C17H20N6O2S/c24-15(11-26-17-19-20-21-23(17)13-8-9-13)22-10-4-7-14(22)16(25)18-12-5-2-1-3-6-12/h1-3,5-6,13-14H,4,7-11H2,(H,18,25)/t14-/m0/s1. The first-order chi connectivity index (χ1) is 12.7. The lowest BCUT2D eigenvalue weighted by atomic mass is 10.2. The van der Waals surface area contributed by atoms with Gasteiger partial charge in [0.25, 0.3) is 0 Å². The Morgan fingerprint density at radius 1 is 1.19 bits per heavy atom. The van der Waals surface area contributed by atoms with E-state index in [1.807, 2.05) is 30.3 Å². The Balaban J connectivity index is 1.35. The van der Waals surface area contributed by atoms with Crippen LogP contribution in [0.2, 0.25) is 0 Å². The van der Waals surface area contributed by atoms with Crippen molar-refractivity contribution in [2.45, 2.75) is 42.9 Å². The number of amides is 2. The third kappa shape index (κ3) is 3.72. The summed E-state index contributed by atoms with van der Waals surface area (Å²) in [5.74, 6) is 0.0586. The van der Waals surface area contributed by atoms with E-state index in [9.17, 15) is 9.59 Å². The second-order valence-electron chi connectivity index (χ2n) is 6.53. The molecule has 4 rings (SSSR count). The van der Waals surface area contributed by atoms with Crippen molar-refractivity contribution in [3.05, 3.63) is 30.3 Å². The van der Waals surface area contributed by atoms with Gasteiger partial charge in [-0.3, -0.25) is 9.59 Å². The van der Waals surface area contributed by atoms with Crippen molar-refractivity contribution in [3.63, 3.8) is 0 Å². The van der Waals surface area contributed by atoms with E-state index < -0.39 is 6.04 Å². The molecular formula is C17H20N6O2S. The highest BCUT2D eigenvalue weighted by Crippen LogP contribution is 2.36. The molecule has 2 aromatic rings. The smallest absolute Gasteiger partial charge is 0.247 e. The van der Waals surface area contributed by atoms with Crippen molar-refractivity contribution in [1.82, 2.24) is 25.1 Å². The molecule has 1 N–H and O–H groups in total. The SMILES string of the molecule is O=C(Nc1ccccc1)[C@@H]1CCCN1C(=O)CSc1nnnn1C1CC1. The molecule has 1 aliphatic heterocycles. The molecule has 0 spiro atoms. The molecule has 9 heteroatoms. The molecular weight excluding hydrogens is 352 g/mol. The predicted molar refractivity (Wildman–Crippen MR) is 96.6 cm³/mol. The first-order valence-corrected chi connectivity index (χ1v) is 9.77. The van der Waals surface area contributed by atoms with Crippen LogP contribution >= 0.6 is 11.8 Å². The molecule has 1 atom stereocenters. The molecule has 26 heavy (non-hydrogen) atoms. The van der Waals surface area contributed by atoms with Gasteiger partial charge in [-0.15, -0.1) is 5.10 Å². The van der Waals surface area contributed by atoms with Gasteiger partial charge in [-0.25, -0.2) is 4.68 Å². The second-order valence-corrected chi connectivity index (χ2v) is 7.47. The van der Waals surface area contributed by atoms with Crippen molar-refractivity contribution >= 4 is 29.3 Å². The van der Waals surface area contributed by atoms with Crippen molar-refractivity contribution < 1.29 is 9.59 Å². The Morgan fingerprint density at radius 2 is 2.00 bits per heavy atom. The summed E-state index contributed by atoms with van der Waals surface area (Å²) in [6, 6.07) is 9.27. The zero-order chi connectivity index (χ0) is 17.9. The van der Waals surface area contributed by atoms with Crippen LogP contribution in [0.15, 0.2) is 35.5 Å². The number of carbonyl (C=O) groups is 2. The number of likely N-dealkylation sites (tertiary alicyclic amines) is 1. The average molecular weight is 372 g/mol. The van der Waals surface area contributed by atoms with E-state index >= 15 is 0 Å². The van der Waals surface area contributed by atoms with Gasteiger partial charge in [0.1, 0.15) is 6.04 Å². The monoisotopic (exact) mass is 372 g/mol. The lowest BCUT2D eigenvalue weighted by Crippen LogP contribution is -2.44. The lowest BCUT2D eigenvalue weighted by molar-refractivity contribution is -0.134. The highest BCUT2D eigenvalue weighted by atomic mass is 32.2. The van der Waals surface area contributed by atoms with E-state index in [0.717, 1.165) is 24.9 Å². The minimum atomic E-state index is -0.414. The van der Waals surface area contributed by atoms with Gasteiger partial charge < -0.3 is 10.2 Å². The van der Waals surface area contributed by atoms with E-state index in [1.165, 1.54) is 11.8 Å². The van der Waals surface area contributed by atoms with Crippen LogP contribution in [0.4, 0.5) is 5.69 Å². The maximum absolute atomic E-state index is 12.7. The maximum Gasteiger partial charge on any atom is 0.247 e. The first kappa shape index (κ1) is 17.0. The van der Waals surface area contributed by atoms with Gasteiger partial charge in [0.15, 0.2) is 0 Å². The summed E-state index contributed by atoms with van der Waals surface area (Å²) in [6.45, 7) is 0.611. The van der Waals surface area contributed by atoms with Gasteiger partial charge >= 0.3 is 0 Å². The van der Waals surface area contributed by atoms with Crippen LogP contribution in [0.5, 0.6) is 0 Å². The number of tetrazole rings is 1. The Morgan fingerprint density at radius 3 is 2.77 bits per heavy atom. The minimum absolute atomic E-state index is 0.0499. The van der Waals surface area contributed by atoms with Gasteiger partial charge in [-0.1, -0.05) is 30.0 Å². The number of nitrogens with one attached hydrogen (secondary N) is 1. The summed E-state index contributed by atoms with van der Waals surface area (Å²) < 4.78 is 1.79. The molecule has 136 valence electrons. The van der Waals surface area contributed by atoms with E-state index in [1.54, 1.807) is 9.58 Å². The van der Waals surface area contributed by atoms with Gasteiger partial charge in [0.2, 0.25) is 17.0 Å². The molecule has 1 saturated heterocycles. The predicted octanol–water partition coefficient (Wildman–Crippen LogP) is 1.73. The number of hydrogen-bond donors (Lipinski definition) is 1. The molecule has 2 amide bonds. The van der Waals surface area contributed by atoms with Crippen LogP contribution in [0.3, 0.4) is 0 Å². The van der Waals surface area contributed by atoms with Gasteiger partial charge in [-0.05, 0) is 48.2 Å². The molecule has 2 fully saturated rings. The number of aromatic nitrogens is 4. The number of benzene rings is 1. The lowest BCUT2D eigenvalue weighted by Gasteiger charge is -2.23. The summed E-state index contributed by atoms with van der Waals surface area (Å²) >= 11 is 1.34. The molecule has 8 nitrogen and oxygen atoms in total. The zero-order valence-corrected chi connectivity index (χ0v) is 15.1. The van der Waals surface area contributed by atoms with Gasteiger partial charge in [0.05, 0.1) is 11.8 Å². The number of carbonyl (C=O) groups excluding carboxylic acids is 2. The molecule has 0 radical (unpaired) electrons. The van der Waals surface area contributed by atoms with E-state index in [4.69, 9.17) is 0 Å². The number of rotatable bonds is 6. The normalized spacial score (nSPS) is 19.5. The van der Waals surface area contributed by atoms with E-state index in [-0.39, 0.29) is 17.6 Å². The van der Waals surface area contributed by atoms with Crippen molar-refractivity contribution in [1.29, 1.82) is 0 Å². The van der Waals surface area contributed by atoms with E-state index in [2.05, 4.69) is 20.8 Å². The van der Waals surface area contributed by atoms with Crippen molar-refractivity contribution in [3.8, 4) is 0 Å². The first-order valence-electron chi connectivity index (χ1n) is 8.78. The fourth-order valence-corrected chi connectivity index (χ4v) is 3.95. The minimum Gasteiger partial charge on any atom is -0.330 e. The quantitative estimate of drug-likeness (QED) is 0.776. The third-order valence-electron chi connectivity index (χ3n) is 4.60. The number of anilines is 1. The largest absolute Gasteiger partial charge is 0.330 e. The maximum atomic E-state index is 12.7. The molecule has 0 bridgehead atoms. The molecule has 2 aliphatic rings. The van der Waals surface area contributed by atoms with Gasteiger partial charge in [0, 0.05) is 12.2 Å². The van der Waals surface area contributed by atoms with Crippen LogP contribution < -0.4 is 5.32 Å². The summed E-state index contributed by atoms with van der Waals surface area (Å²) in [5, 5.41) is 15.3. The molecule has 1 aromatic carbocycles. The Labute approximate surface area is 155 Å². The highest BCUT2D eigenvalue weighted by Gasteiger charge is 2.34. The number of hydrogen-bond acceptors (Lipinski definition) is 6. The van der Waals surface area contributed by atoms with Crippen LogP contribution in [0, 0.1) is 0 Å². The Hall–Kier alpha value is -2.42. The number of nitrogens with zero attached hydrogens (tertiary/aromatic N) is 5. The van der Waals surface area contributed by atoms with Gasteiger partial charge in [-0.2, -0.15) is 0 Å². The average Bonchev–Trinajstić information content (AvgIpc) is 3.19. The third-order valence-corrected chi connectivity index (χ3v) is 5.52. The number of thioether (sulfide) groups is 1. The summed E-state index contributed by atoms with van der Waals surface area (Å²) in [7, 11) is 0. The Bertz CT molecular complexity index is 792. The summed E-state index contributed by atoms with van der Waals surface area (Å²) in [4.78, 5) is 26.9. The molecule has 1 aromatic heterocycles.